The number of furan rings is 1. The molecule has 1 aromatic rings. The normalized spacial score (nSPS) is 17.9. The van der Waals surface area contributed by atoms with E-state index >= 15 is 0 Å². The first-order chi connectivity index (χ1) is 9.56. The number of piperidine rings is 1. The first-order valence-corrected chi connectivity index (χ1v) is 7.63. The summed E-state index contributed by atoms with van der Waals surface area (Å²) in [7, 11) is 0. The number of carbonyl (C=O) groups excluding carboxylic acids is 1. The van der Waals surface area contributed by atoms with E-state index in [1.165, 1.54) is 12.8 Å². The summed E-state index contributed by atoms with van der Waals surface area (Å²) < 4.78 is 5.51. The molecule has 2 N–H and O–H groups in total. The molecule has 0 aliphatic carbocycles. The predicted octanol–water partition coefficient (Wildman–Crippen LogP) is 2.85. The average molecular weight is 278 g/mol. The Morgan fingerprint density at radius 3 is 2.75 bits per heavy atom. The monoisotopic (exact) mass is 278 g/mol. The number of rotatable bonds is 5. The summed E-state index contributed by atoms with van der Waals surface area (Å²) >= 11 is 0. The SMILES string of the molecule is Cc1cc(C(C)NC(=O)CCC2CCNCC2)c(C)o1. The van der Waals surface area contributed by atoms with Gasteiger partial charge in [-0.15, -0.1) is 0 Å². The Morgan fingerprint density at radius 2 is 2.15 bits per heavy atom. The maximum atomic E-state index is 12.0. The van der Waals surface area contributed by atoms with Crippen LogP contribution in [0.5, 0.6) is 0 Å². The molecule has 1 unspecified atom stereocenters. The van der Waals surface area contributed by atoms with Gasteiger partial charge in [-0.1, -0.05) is 0 Å². The van der Waals surface area contributed by atoms with Gasteiger partial charge in [0, 0.05) is 12.0 Å². The van der Waals surface area contributed by atoms with Crippen molar-refractivity contribution in [2.75, 3.05) is 13.1 Å². The zero-order valence-corrected chi connectivity index (χ0v) is 12.8. The summed E-state index contributed by atoms with van der Waals surface area (Å²) in [5, 5.41) is 6.43. The van der Waals surface area contributed by atoms with Crippen molar-refractivity contribution in [1.82, 2.24) is 10.6 Å². The highest BCUT2D eigenvalue weighted by atomic mass is 16.3. The van der Waals surface area contributed by atoms with Gasteiger partial charge in [0.25, 0.3) is 0 Å². The molecule has 1 fully saturated rings. The van der Waals surface area contributed by atoms with E-state index < -0.39 is 0 Å². The van der Waals surface area contributed by atoms with E-state index in [0.717, 1.165) is 36.6 Å². The number of hydrogen-bond acceptors (Lipinski definition) is 3. The van der Waals surface area contributed by atoms with Crippen molar-refractivity contribution < 1.29 is 9.21 Å². The van der Waals surface area contributed by atoms with E-state index in [4.69, 9.17) is 4.42 Å². The van der Waals surface area contributed by atoms with Crippen LogP contribution in [0.4, 0.5) is 0 Å². The molecule has 0 bridgehead atoms. The Balaban J connectivity index is 1.77. The third kappa shape index (κ3) is 4.10. The molecule has 2 rings (SSSR count). The fourth-order valence-electron chi connectivity index (χ4n) is 2.98. The lowest BCUT2D eigenvalue weighted by atomic mass is 9.93. The van der Waals surface area contributed by atoms with E-state index in [0.29, 0.717) is 12.3 Å². The summed E-state index contributed by atoms with van der Waals surface area (Å²) in [6.45, 7) is 8.08. The molecule has 0 radical (unpaired) electrons. The van der Waals surface area contributed by atoms with E-state index in [-0.39, 0.29) is 11.9 Å². The van der Waals surface area contributed by atoms with Gasteiger partial charge in [-0.2, -0.15) is 0 Å². The number of aryl methyl sites for hydroxylation is 2. The molecule has 1 aliphatic rings. The minimum atomic E-state index is 0.0213. The molecule has 4 heteroatoms. The summed E-state index contributed by atoms with van der Waals surface area (Å²) in [5.74, 6) is 2.64. The highest BCUT2D eigenvalue weighted by Crippen LogP contribution is 2.22. The fraction of sp³-hybridized carbons (Fsp3) is 0.688. The summed E-state index contributed by atoms with van der Waals surface area (Å²) in [6.07, 6.45) is 4.03. The van der Waals surface area contributed by atoms with Crippen LogP contribution in [-0.2, 0) is 4.79 Å². The molecule has 20 heavy (non-hydrogen) atoms. The van der Waals surface area contributed by atoms with Gasteiger partial charge in [0.15, 0.2) is 0 Å². The van der Waals surface area contributed by atoms with Gasteiger partial charge in [-0.05, 0) is 65.1 Å². The van der Waals surface area contributed by atoms with Crippen molar-refractivity contribution >= 4 is 5.91 Å². The van der Waals surface area contributed by atoms with Crippen molar-refractivity contribution in [3.63, 3.8) is 0 Å². The minimum Gasteiger partial charge on any atom is -0.466 e. The van der Waals surface area contributed by atoms with Crippen LogP contribution in [-0.4, -0.2) is 19.0 Å². The highest BCUT2D eigenvalue weighted by molar-refractivity contribution is 5.76. The average Bonchev–Trinajstić information content (AvgIpc) is 2.77. The maximum absolute atomic E-state index is 12.0. The second-order valence-corrected chi connectivity index (χ2v) is 5.89. The van der Waals surface area contributed by atoms with Gasteiger partial charge in [0.2, 0.25) is 5.91 Å². The molecule has 0 aromatic carbocycles. The maximum Gasteiger partial charge on any atom is 0.220 e. The van der Waals surface area contributed by atoms with Crippen molar-refractivity contribution in [2.45, 2.75) is 52.5 Å². The highest BCUT2D eigenvalue weighted by Gasteiger charge is 2.17. The molecule has 0 saturated carbocycles. The summed E-state index contributed by atoms with van der Waals surface area (Å²) in [4.78, 5) is 12.0. The molecule has 4 nitrogen and oxygen atoms in total. The fourth-order valence-corrected chi connectivity index (χ4v) is 2.98. The first kappa shape index (κ1) is 15.1. The molecular formula is C16H26N2O2. The van der Waals surface area contributed by atoms with Crippen LogP contribution in [0, 0.1) is 19.8 Å². The Hall–Kier alpha value is -1.29. The van der Waals surface area contributed by atoms with Crippen molar-refractivity contribution in [3.05, 3.63) is 23.2 Å². The lowest BCUT2D eigenvalue weighted by Gasteiger charge is -2.22. The Morgan fingerprint density at radius 1 is 1.45 bits per heavy atom. The van der Waals surface area contributed by atoms with Crippen LogP contribution in [0.25, 0.3) is 0 Å². The van der Waals surface area contributed by atoms with Crippen LogP contribution >= 0.6 is 0 Å². The molecule has 1 aromatic heterocycles. The number of hydrogen-bond donors (Lipinski definition) is 2. The molecule has 2 heterocycles. The van der Waals surface area contributed by atoms with Gasteiger partial charge in [0.1, 0.15) is 11.5 Å². The topological polar surface area (TPSA) is 54.3 Å². The van der Waals surface area contributed by atoms with Gasteiger partial charge >= 0.3 is 0 Å². The zero-order valence-electron chi connectivity index (χ0n) is 12.8. The van der Waals surface area contributed by atoms with E-state index in [1.54, 1.807) is 0 Å². The lowest BCUT2D eigenvalue weighted by molar-refractivity contribution is -0.122. The minimum absolute atomic E-state index is 0.0213. The second-order valence-electron chi connectivity index (χ2n) is 5.89. The molecule has 112 valence electrons. The quantitative estimate of drug-likeness (QED) is 0.871. The van der Waals surface area contributed by atoms with Crippen LogP contribution < -0.4 is 10.6 Å². The number of nitrogens with one attached hydrogen (secondary N) is 2. The molecule has 1 amide bonds. The largest absolute Gasteiger partial charge is 0.466 e. The second kappa shape index (κ2) is 6.93. The lowest BCUT2D eigenvalue weighted by Crippen LogP contribution is -2.30. The molecule has 1 saturated heterocycles. The summed E-state index contributed by atoms with van der Waals surface area (Å²) in [6, 6.07) is 2.03. The number of amides is 1. The van der Waals surface area contributed by atoms with Crippen LogP contribution in [0.15, 0.2) is 10.5 Å². The molecule has 1 aliphatic heterocycles. The summed E-state index contributed by atoms with van der Waals surface area (Å²) in [5.41, 5.74) is 1.08. The Labute approximate surface area is 121 Å². The van der Waals surface area contributed by atoms with E-state index in [9.17, 15) is 4.79 Å². The molecule has 0 spiro atoms. The van der Waals surface area contributed by atoms with Gasteiger partial charge in [0.05, 0.1) is 6.04 Å². The van der Waals surface area contributed by atoms with Crippen LogP contribution in [0.3, 0.4) is 0 Å². The van der Waals surface area contributed by atoms with Crippen LogP contribution in [0.2, 0.25) is 0 Å². The number of carbonyl (C=O) groups is 1. The van der Waals surface area contributed by atoms with Crippen molar-refractivity contribution in [1.29, 1.82) is 0 Å². The Kier molecular flexibility index (Phi) is 5.24. The zero-order chi connectivity index (χ0) is 14.5. The van der Waals surface area contributed by atoms with Crippen molar-refractivity contribution in [3.8, 4) is 0 Å². The smallest absolute Gasteiger partial charge is 0.220 e. The standard InChI is InChI=1S/C16H26N2O2/c1-11-10-15(13(3)20-11)12(2)18-16(19)5-4-14-6-8-17-9-7-14/h10,12,14,17H,4-9H2,1-3H3,(H,18,19). The molecule has 1 atom stereocenters. The van der Waals surface area contributed by atoms with Gasteiger partial charge in [-0.3, -0.25) is 4.79 Å². The van der Waals surface area contributed by atoms with Crippen LogP contribution in [0.1, 0.15) is 55.7 Å². The van der Waals surface area contributed by atoms with E-state index in [2.05, 4.69) is 10.6 Å². The predicted molar refractivity (Wildman–Crippen MR) is 79.6 cm³/mol. The van der Waals surface area contributed by atoms with Crippen molar-refractivity contribution in [2.24, 2.45) is 5.92 Å². The van der Waals surface area contributed by atoms with Gasteiger partial charge in [-0.25, -0.2) is 0 Å². The van der Waals surface area contributed by atoms with E-state index in [1.807, 2.05) is 26.8 Å². The third-order valence-electron chi connectivity index (χ3n) is 4.16. The Bertz CT molecular complexity index is 447. The first-order valence-electron chi connectivity index (χ1n) is 7.63. The molecular weight excluding hydrogens is 252 g/mol. The van der Waals surface area contributed by atoms with Gasteiger partial charge < -0.3 is 15.1 Å². The third-order valence-corrected chi connectivity index (χ3v) is 4.16.